The molecule has 8 heteroatoms. The van der Waals surface area contributed by atoms with Crippen LogP contribution in [0.15, 0.2) is 42.5 Å². The minimum absolute atomic E-state index is 0.245. The fraction of sp³-hybridized carbons (Fsp3) is 0.409. The Labute approximate surface area is 179 Å². The molecule has 0 aliphatic rings. The number of amides is 1. The summed E-state index contributed by atoms with van der Waals surface area (Å²) in [6.07, 6.45) is 1.74. The van der Waals surface area contributed by atoms with Crippen molar-refractivity contribution in [2.24, 2.45) is 0 Å². The van der Waals surface area contributed by atoms with Gasteiger partial charge in [-0.15, -0.1) is 0 Å². The summed E-state index contributed by atoms with van der Waals surface area (Å²) in [6, 6.07) is 12.3. The first-order valence-electron chi connectivity index (χ1n) is 9.84. The number of rotatable bonds is 10. The van der Waals surface area contributed by atoms with Crippen LogP contribution in [0.5, 0.6) is 11.5 Å². The van der Waals surface area contributed by atoms with Crippen LogP contribution in [0, 0.1) is 6.92 Å². The highest BCUT2D eigenvalue weighted by Crippen LogP contribution is 2.30. The largest absolute Gasteiger partial charge is 0.496 e. The maximum absolute atomic E-state index is 12.8. The van der Waals surface area contributed by atoms with Crippen molar-refractivity contribution in [1.29, 1.82) is 0 Å². The van der Waals surface area contributed by atoms with Crippen LogP contribution in [0.2, 0.25) is 0 Å². The summed E-state index contributed by atoms with van der Waals surface area (Å²) in [5, 5.41) is 2.94. The predicted molar refractivity (Wildman–Crippen MR) is 119 cm³/mol. The fourth-order valence-electron chi connectivity index (χ4n) is 3.23. The lowest BCUT2D eigenvalue weighted by atomic mass is 10.0. The molecular weight excluding hydrogens is 404 g/mol. The smallest absolute Gasteiger partial charge is 0.241 e. The maximum atomic E-state index is 12.8. The lowest BCUT2D eigenvalue weighted by Crippen LogP contribution is -2.41. The standard InChI is InChI=1S/C22H30N2O5S/c1-6-18(17-12-13-20(28-4)16(3)14-17)23-22(25)15-24(30(5,26)27)19-10-8-9-11-21(19)29-7-2/h8-14,18H,6-7,15H2,1-5H3,(H,23,25). The van der Waals surface area contributed by atoms with E-state index in [0.29, 0.717) is 24.5 Å². The second kappa shape index (κ2) is 10.3. The van der Waals surface area contributed by atoms with Crippen molar-refractivity contribution in [2.45, 2.75) is 33.2 Å². The average Bonchev–Trinajstić information content (AvgIpc) is 2.70. The Morgan fingerprint density at radius 3 is 2.40 bits per heavy atom. The minimum Gasteiger partial charge on any atom is -0.496 e. The van der Waals surface area contributed by atoms with Crippen LogP contribution < -0.4 is 19.1 Å². The molecule has 0 radical (unpaired) electrons. The fourth-order valence-corrected chi connectivity index (χ4v) is 4.09. The number of nitrogens with zero attached hydrogens (tertiary/aromatic N) is 1. The molecule has 0 saturated carbocycles. The highest BCUT2D eigenvalue weighted by molar-refractivity contribution is 7.92. The van der Waals surface area contributed by atoms with Gasteiger partial charge in [0.25, 0.3) is 0 Å². The van der Waals surface area contributed by atoms with Gasteiger partial charge >= 0.3 is 0 Å². The van der Waals surface area contributed by atoms with E-state index < -0.39 is 15.9 Å². The van der Waals surface area contributed by atoms with Crippen LogP contribution in [0.4, 0.5) is 5.69 Å². The molecule has 0 aliphatic heterocycles. The van der Waals surface area contributed by atoms with Gasteiger partial charge < -0.3 is 14.8 Å². The molecule has 1 atom stereocenters. The number of ether oxygens (including phenoxy) is 2. The molecular formula is C22H30N2O5S. The van der Waals surface area contributed by atoms with E-state index in [9.17, 15) is 13.2 Å². The normalized spacial score (nSPS) is 12.2. The van der Waals surface area contributed by atoms with Crippen LogP contribution in [0.1, 0.15) is 37.4 Å². The van der Waals surface area contributed by atoms with E-state index in [0.717, 1.165) is 27.4 Å². The van der Waals surface area contributed by atoms with Crippen LogP contribution in [-0.2, 0) is 14.8 Å². The molecule has 0 aliphatic carbocycles. The van der Waals surface area contributed by atoms with Gasteiger partial charge in [-0.25, -0.2) is 8.42 Å². The summed E-state index contributed by atoms with van der Waals surface area (Å²) < 4.78 is 36.8. The number of hydrogen-bond acceptors (Lipinski definition) is 5. The summed E-state index contributed by atoms with van der Waals surface area (Å²) in [5.41, 5.74) is 2.24. The Bertz CT molecular complexity index is 975. The van der Waals surface area contributed by atoms with Crippen molar-refractivity contribution < 1.29 is 22.7 Å². The second-order valence-corrected chi connectivity index (χ2v) is 8.83. The molecule has 2 aromatic carbocycles. The number of nitrogens with one attached hydrogen (secondary N) is 1. The molecule has 2 rings (SSSR count). The molecule has 0 aromatic heterocycles. The molecule has 0 bridgehead atoms. The van der Waals surface area contributed by atoms with E-state index in [4.69, 9.17) is 9.47 Å². The molecule has 7 nitrogen and oxygen atoms in total. The maximum Gasteiger partial charge on any atom is 0.241 e. The van der Waals surface area contributed by atoms with E-state index in [1.165, 1.54) is 0 Å². The van der Waals surface area contributed by atoms with Gasteiger partial charge in [0.15, 0.2) is 0 Å². The molecule has 0 fully saturated rings. The second-order valence-electron chi connectivity index (χ2n) is 6.93. The number of para-hydroxylation sites is 2. The van der Waals surface area contributed by atoms with Gasteiger partial charge in [-0.3, -0.25) is 9.10 Å². The third kappa shape index (κ3) is 5.89. The van der Waals surface area contributed by atoms with Crippen LogP contribution in [0.3, 0.4) is 0 Å². The van der Waals surface area contributed by atoms with Crippen molar-refractivity contribution in [2.75, 3.05) is 30.8 Å². The highest BCUT2D eigenvalue weighted by Gasteiger charge is 2.25. The van der Waals surface area contributed by atoms with Gasteiger partial charge in [0, 0.05) is 0 Å². The van der Waals surface area contributed by atoms with Gasteiger partial charge in [-0.1, -0.05) is 31.2 Å². The Morgan fingerprint density at radius 2 is 1.83 bits per heavy atom. The number of carbonyl (C=O) groups is 1. The highest BCUT2D eigenvalue weighted by atomic mass is 32.2. The summed E-state index contributed by atoms with van der Waals surface area (Å²) in [7, 11) is -2.09. The number of benzene rings is 2. The molecule has 0 spiro atoms. The number of sulfonamides is 1. The Balaban J connectivity index is 2.25. The third-order valence-corrected chi connectivity index (χ3v) is 5.81. The molecule has 0 heterocycles. The van der Waals surface area contributed by atoms with Crippen molar-refractivity contribution in [1.82, 2.24) is 5.32 Å². The summed E-state index contributed by atoms with van der Waals surface area (Å²) in [5.74, 6) is 0.791. The molecule has 1 N–H and O–H groups in total. The van der Waals surface area contributed by atoms with Crippen molar-refractivity contribution in [3.05, 3.63) is 53.6 Å². The molecule has 2 aromatic rings. The lowest BCUT2D eigenvalue weighted by Gasteiger charge is -2.25. The van der Waals surface area contributed by atoms with Gasteiger partial charge in [0.2, 0.25) is 15.9 Å². The van der Waals surface area contributed by atoms with Crippen molar-refractivity contribution in [3.8, 4) is 11.5 Å². The van der Waals surface area contributed by atoms with E-state index in [2.05, 4.69) is 5.32 Å². The van der Waals surface area contributed by atoms with E-state index in [1.807, 2.05) is 39.0 Å². The number of aryl methyl sites for hydroxylation is 1. The Hall–Kier alpha value is -2.74. The average molecular weight is 435 g/mol. The predicted octanol–water partition coefficient (Wildman–Crippen LogP) is 3.44. The zero-order valence-electron chi connectivity index (χ0n) is 18.1. The van der Waals surface area contributed by atoms with Crippen LogP contribution >= 0.6 is 0 Å². The zero-order chi connectivity index (χ0) is 22.3. The molecule has 1 amide bonds. The summed E-state index contributed by atoms with van der Waals surface area (Å²) in [4.78, 5) is 12.8. The van der Waals surface area contributed by atoms with E-state index in [1.54, 1.807) is 31.4 Å². The summed E-state index contributed by atoms with van der Waals surface area (Å²) >= 11 is 0. The topological polar surface area (TPSA) is 84.9 Å². The SMILES string of the molecule is CCOc1ccccc1N(CC(=O)NC(CC)c1ccc(OC)c(C)c1)S(C)(=O)=O. The molecule has 0 saturated heterocycles. The van der Waals surface area contributed by atoms with Crippen LogP contribution in [0.25, 0.3) is 0 Å². The molecule has 1 unspecified atom stereocenters. The first-order chi connectivity index (χ1) is 14.2. The zero-order valence-corrected chi connectivity index (χ0v) is 19.0. The Kier molecular flexibility index (Phi) is 8.11. The minimum atomic E-state index is -3.70. The number of carbonyl (C=O) groups excluding carboxylic acids is 1. The number of methoxy groups -OCH3 is 1. The first kappa shape index (κ1) is 23.5. The van der Waals surface area contributed by atoms with Crippen molar-refractivity contribution in [3.63, 3.8) is 0 Å². The van der Waals surface area contributed by atoms with Gasteiger partial charge in [0.05, 0.1) is 31.7 Å². The van der Waals surface area contributed by atoms with Crippen molar-refractivity contribution >= 4 is 21.6 Å². The number of hydrogen-bond donors (Lipinski definition) is 1. The third-order valence-electron chi connectivity index (χ3n) is 4.69. The Morgan fingerprint density at radius 1 is 1.13 bits per heavy atom. The first-order valence-corrected chi connectivity index (χ1v) is 11.7. The van der Waals surface area contributed by atoms with Gasteiger partial charge in [-0.2, -0.15) is 0 Å². The summed E-state index contributed by atoms with van der Waals surface area (Å²) in [6.45, 7) is 5.76. The molecule has 30 heavy (non-hydrogen) atoms. The van der Waals surface area contributed by atoms with Crippen LogP contribution in [-0.4, -0.2) is 40.8 Å². The quantitative estimate of drug-likeness (QED) is 0.619. The van der Waals surface area contributed by atoms with Gasteiger partial charge in [0.1, 0.15) is 18.0 Å². The monoisotopic (exact) mass is 434 g/mol. The van der Waals surface area contributed by atoms with E-state index >= 15 is 0 Å². The molecule has 164 valence electrons. The lowest BCUT2D eigenvalue weighted by molar-refractivity contribution is -0.120. The van der Waals surface area contributed by atoms with E-state index in [-0.39, 0.29) is 12.6 Å². The van der Waals surface area contributed by atoms with Gasteiger partial charge in [-0.05, 0) is 49.6 Å². The number of anilines is 1.